The fraction of sp³-hybridized carbons (Fsp3) is 0.235. The SMILES string of the molecule is CC(C)[C@H](NS(=O)(=O)c1ccc(-c2ccc(Br)cc2)cc1)C(=O)NO. The average molecular weight is 427 g/mol. The maximum atomic E-state index is 12.5. The van der Waals surface area contributed by atoms with Crippen molar-refractivity contribution < 1.29 is 18.4 Å². The second-order valence-corrected chi connectivity index (χ2v) is 8.48. The molecule has 0 saturated carbocycles. The Morgan fingerprint density at radius 3 is 1.92 bits per heavy atom. The van der Waals surface area contributed by atoms with Gasteiger partial charge in [0.25, 0.3) is 5.91 Å². The molecule has 2 aromatic carbocycles. The van der Waals surface area contributed by atoms with Crippen LogP contribution in [-0.2, 0) is 14.8 Å². The Hall–Kier alpha value is -1.74. The first-order chi connectivity index (χ1) is 11.7. The Labute approximate surface area is 155 Å². The Morgan fingerprint density at radius 1 is 1.00 bits per heavy atom. The molecule has 6 nitrogen and oxygen atoms in total. The number of sulfonamides is 1. The van der Waals surface area contributed by atoms with E-state index >= 15 is 0 Å². The van der Waals surface area contributed by atoms with Gasteiger partial charge in [0.15, 0.2) is 0 Å². The van der Waals surface area contributed by atoms with Gasteiger partial charge in [-0.05, 0) is 41.3 Å². The van der Waals surface area contributed by atoms with Gasteiger partial charge in [-0.1, -0.05) is 54.0 Å². The van der Waals surface area contributed by atoms with E-state index in [0.717, 1.165) is 15.6 Å². The summed E-state index contributed by atoms with van der Waals surface area (Å²) >= 11 is 3.37. The van der Waals surface area contributed by atoms with Gasteiger partial charge < -0.3 is 0 Å². The van der Waals surface area contributed by atoms with E-state index in [-0.39, 0.29) is 10.8 Å². The Morgan fingerprint density at radius 2 is 1.48 bits per heavy atom. The lowest BCUT2D eigenvalue weighted by molar-refractivity contribution is -0.131. The number of rotatable bonds is 6. The number of carbonyl (C=O) groups is 1. The fourth-order valence-electron chi connectivity index (χ4n) is 2.27. The summed E-state index contributed by atoms with van der Waals surface area (Å²) in [6.45, 7) is 3.36. The van der Waals surface area contributed by atoms with Crippen molar-refractivity contribution in [2.75, 3.05) is 0 Å². The Bertz CT molecular complexity index is 834. The summed E-state index contributed by atoms with van der Waals surface area (Å²) in [5.41, 5.74) is 3.32. The molecule has 0 radical (unpaired) electrons. The van der Waals surface area contributed by atoms with Crippen LogP contribution in [0.5, 0.6) is 0 Å². The number of carbonyl (C=O) groups excluding carboxylic acids is 1. The monoisotopic (exact) mass is 426 g/mol. The van der Waals surface area contributed by atoms with Crippen molar-refractivity contribution in [1.82, 2.24) is 10.2 Å². The molecule has 2 aromatic rings. The molecule has 25 heavy (non-hydrogen) atoms. The molecule has 0 fully saturated rings. The number of benzene rings is 2. The third kappa shape index (κ3) is 4.88. The van der Waals surface area contributed by atoms with Gasteiger partial charge in [0.1, 0.15) is 6.04 Å². The molecule has 1 atom stereocenters. The van der Waals surface area contributed by atoms with E-state index in [9.17, 15) is 13.2 Å². The van der Waals surface area contributed by atoms with Gasteiger partial charge in [-0.25, -0.2) is 13.9 Å². The molecule has 0 aliphatic carbocycles. The van der Waals surface area contributed by atoms with Gasteiger partial charge in [-0.3, -0.25) is 10.0 Å². The van der Waals surface area contributed by atoms with Crippen LogP contribution in [0.4, 0.5) is 0 Å². The van der Waals surface area contributed by atoms with Crippen molar-refractivity contribution >= 4 is 31.9 Å². The molecule has 1 amide bonds. The van der Waals surface area contributed by atoms with Gasteiger partial charge in [0.2, 0.25) is 10.0 Å². The van der Waals surface area contributed by atoms with Crippen molar-refractivity contribution in [3.63, 3.8) is 0 Å². The summed E-state index contributed by atoms with van der Waals surface area (Å²) in [5, 5.41) is 8.77. The highest BCUT2D eigenvalue weighted by molar-refractivity contribution is 9.10. The second kappa shape index (κ2) is 8.09. The summed E-state index contributed by atoms with van der Waals surface area (Å²) in [7, 11) is -3.89. The van der Waals surface area contributed by atoms with Crippen molar-refractivity contribution in [3.05, 3.63) is 53.0 Å². The minimum Gasteiger partial charge on any atom is -0.289 e. The second-order valence-electron chi connectivity index (χ2n) is 5.85. The van der Waals surface area contributed by atoms with E-state index < -0.39 is 22.0 Å². The zero-order valence-electron chi connectivity index (χ0n) is 13.7. The van der Waals surface area contributed by atoms with Gasteiger partial charge in [-0.15, -0.1) is 0 Å². The largest absolute Gasteiger partial charge is 0.289 e. The highest BCUT2D eigenvalue weighted by Gasteiger charge is 2.28. The summed E-state index contributed by atoms with van der Waals surface area (Å²) in [6.07, 6.45) is 0. The first-order valence-electron chi connectivity index (χ1n) is 7.57. The predicted octanol–water partition coefficient (Wildman–Crippen LogP) is 2.92. The van der Waals surface area contributed by atoms with Gasteiger partial charge in [-0.2, -0.15) is 4.72 Å². The van der Waals surface area contributed by atoms with E-state index in [4.69, 9.17) is 5.21 Å². The lowest BCUT2D eigenvalue weighted by Crippen LogP contribution is -2.48. The zero-order valence-corrected chi connectivity index (χ0v) is 16.1. The Kier molecular flexibility index (Phi) is 6.34. The highest BCUT2D eigenvalue weighted by Crippen LogP contribution is 2.23. The van der Waals surface area contributed by atoms with Gasteiger partial charge in [0.05, 0.1) is 4.90 Å². The van der Waals surface area contributed by atoms with Crippen molar-refractivity contribution in [3.8, 4) is 11.1 Å². The molecule has 2 rings (SSSR count). The average Bonchev–Trinajstić information content (AvgIpc) is 2.59. The highest BCUT2D eigenvalue weighted by atomic mass is 79.9. The molecule has 3 N–H and O–H groups in total. The molecular formula is C17H19BrN2O4S. The third-order valence-electron chi connectivity index (χ3n) is 3.68. The van der Waals surface area contributed by atoms with Crippen LogP contribution in [-0.4, -0.2) is 25.6 Å². The van der Waals surface area contributed by atoms with Crippen LogP contribution in [0.1, 0.15) is 13.8 Å². The smallest absolute Gasteiger partial charge is 0.261 e. The van der Waals surface area contributed by atoms with Crippen molar-refractivity contribution in [2.24, 2.45) is 5.92 Å². The van der Waals surface area contributed by atoms with E-state index in [2.05, 4.69) is 20.7 Å². The standard InChI is InChI=1S/C17H19BrN2O4S/c1-11(2)16(17(21)19-22)20-25(23,24)15-9-5-13(6-10-15)12-3-7-14(18)8-4-12/h3-11,16,20,22H,1-2H3,(H,19,21)/t16-/m0/s1. The maximum Gasteiger partial charge on any atom is 0.261 e. The number of amides is 1. The molecule has 0 heterocycles. The van der Waals surface area contributed by atoms with Crippen LogP contribution in [0.3, 0.4) is 0 Å². The van der Waals surface area contributed by atoms with Crippen molar-refractivity contribution in [1.29, 1.82) is 0 Å². The number of hydrogen-bond donors (Lipinski definition) is 3. The third-order valence-corrected chi connectivity index (χ3v) is 5.67. The van der Waals surface area contributed by atoms with Crippen LogP contribution < -0.4 is 10.2 Å². The van der Waals surface area contributed by atoms with Crippen LogP contribution in [0, 0.1) is 5.92 Å². The minimum absolute atomic E-state index is 0.0461. The van der Waals surface area contributed by atoms with E-state index in [1.807, 2.05) is 24.3 Å². The molecule has 134 valence electrons. The van der Waals surface area contributed by atoms with Crippen molar-refractivity contribution in [2.45, 2.75) is 24.8 Å². The van der Waals surface area contributed by atoms with E-state index in [0.29, 0.717) is 0 Å². The number of halogens is 1. The first kappa shape index (κ1) is 19.6. The molecule has 0 bridgehead atoms. The van der Waals surface area contributed by atoms with Crippen LogP contribution >= 0.6 is 15.9 Å². The molecular weight excluding hydrogens is 408 g/mol. The molecule has 0 aliphatic rings. The first-order valence-corrected chi connectivity index (χ1v) is 9.84. The van der Waals surface area contributed by atoms with Crippen LogP contribution in [0.25, 0.3) is 11.1 Å². The lowest BCUT2D eigenvalue weighted by Gasteiger charge is -2.20. The minimum atomic E-state index is -3.89. The topological polar surface area (TPSA) is 95.5 Å². The molecule has 0 aromatic heterocycles. The van der Waals surface area contributed by atoms with Crippen LogP contribution in [0.15, 0.2) is 57.9 Å². The van der Waals surface area contributed by atoms with E-state index in [1.165, 1.54) is 17.6 Å². The number of nitrogens with one attached hydrogen (secondary N) is 2. The maximum absolute atomic E-state index is 12.5. The molecule has 0 saturated heterocycles. The van der Waals surface area contributed by atoms with Gasteiger partial charge in [0, 0.05) is 4.47 Å². The van der Waals surface area contributed by atoms with Gasteiger partial charge >= 0.3 is 0 Å². The normalized spacial score (nSPS) is 12.8. The summed E-state index contributed by atoms with van der Waals surface area (Å²) in [4.78, 5) is 11.7. The summed E-state index contributed by atoms with van der Waals surface area (Å²) in [5.74, 6) is -1.13. The number of hydrogen-bond acceptors (Lipinski definition) is 4. The summed E-state index contributed by atoms with van der Waals surface area (Å²) < 4.78 is 28.2. The van der Waals surface area contributed by atoms with Crippen LogP contribution in [0.2, 0.25) is 0 Å². The zero-order chi connectivity index (χ0) is 18.6. The quantitative estimate of drug-likeness (QED) is 0.488. The Balaban J connectivity index is 2.25. The molecule has 0 unspecified atom stereocenters. The summed E-state index contributed by atoms with van der Waals surface area (Å²) in [6, 6.07) is 13.0. The predicted molar refractivity (Wildman–Crippen MR) is 98.5 cm³/mol. The molecule has 0 aliphatic heterocycles. The molecule has 8 heteroatoms. The fourth-order valence-corrected chi connectivity index (χ4v) is 3.87. The lowest BCUT2D eigenvalue weighted by atomic mass is 10.1. The van der Waals surface area contributed by atoms with E-state index in [1.54, 1.807) is 26.0 Å². The molecule has 0 spiro atoms. The number of hydroxylamine groups is 1.